The molecule has 1 aliphatic heterocycles. The molecule has 0 amide bonds. The van der Waals surface area contributed by atoms with Crippen molar-refractivity contribution in [2.75, 3.05) is 23.3 Å². The fourth-order valence-corrected chi connectivity index (χ4v) is 3.13. The molecule has 22 heavy (non-hydrogen) atoms. The number of hydrogen-bond donors (Lipinski definition) is 1. The number of anilines is 2. The van der Waals surface area contributed by atoms with Crippen LogP contribution in [0.4, 0.5) is 11.5 Å². The topological polar surface area (TPSA) is 53.9 Å². The molecule has 0 aromatic carbocycles. The third-order valence-electron chi connectivity index (χ3n) is 3.95. The summed E-state index contributed by atoms with van der Waals surface area (Å²) >= 11 is 3.54. The first-order chi connectivity index (χ1) is 10.8. The molecular formula is C16H20BrN5. The second-order valence-electron chi connectivity index (χ2n) is 5.51. The molecule has 116 valence electrons. The molecule has 0 bridgehead atoms. The van der Waals surface area contributed by atoms with Crippen LogP contribution in [0.1, 0.15) is 25.5 Å². The fraction of sp³-hybridized carbons (Fsp3) is 0.438. The summed E-state index contributed by atoms with van der Waals surface area (Å²) < 4.78 is 1.00. The Kier molecular flexibility index (Phi) is 4.87. The molecular weight excluding hydrogens is 342 g/mol. The molecule has 0 aliphatic carbocycles. The maximum Gasteiger partial charge on any atom is 0.132 e. The van der Waals surface area contributed by atoms with E-state index < -0.39 is 0 Å². The summed E-state index contributed by atoms with van der Waals surface area (Å²) in [5, 5.41) is 3.61. The van der Waals surface area contributed by atoms with Crippen LogP contribution in [0.3, 0.4) is 0 Å². The molecule has 5 nitrogen and oxygen atoms in total. The van der Waals surface area contributed by atoms with Crippen LogP contribution in [-0.2, 0) is 6.42 Å². The quantitative estimate of drug-likeness (QED) is 0.905. The Morgan fingerprint density at radius 1 is 1.41 bits per heavy atom. The minimum atomic E-state index is 0.410. The summed E-state index contributed by atoms with van der Waals surface area (Å²) in [6, 6.07) is 4.51. The predicted molar refractivity (Wildman–Crippen MR) is 92.2 cm³/mol. The van der Waals surface area contributed by atoms with Gasteiger partial charge in [0.05, 0.1) is 10.2 Å². The van der Waals surface area contributed by atoms with Gasteiger partial charge in [0, 0.05) is 43.3 Å². The average molecular weight is 362 g/mol. The van der Waals surface area contributed by atoms with Crippen molar-refractivity contribution in [1.29, 1.82) is 0 Å². The van der Waals surface area contributed by atoms with Gasteiger partial charge in [-0.25, -0.2) is 9.97 Å². The van der Waals surface area contributed by atoms with Gasteiger partial charge in [-0.3, -0.25) is 4.98 Å². The van der Waals surface area contributed by atoms with Gasteiger partial charge in [0.15, 0.2) is 0 Å². The summed E-state index contributed by atoms with van der Waals surface area (Å²) in [7, 11) is 0. The van der Waals surface area contributed by atoms with E-state index >= 15 is 0 Å². The Bertz CT molecular complexity index is 633. The minimum Gasteiger partial charge on any atom is -0.380 e. The van der Waals surface area contributed by atoms with Crippen molar-refractivity contribution >= 4 is 27.4 Å². The highest BCUT2D eigenvalue weighted by Gasteiger charge is 2.21. The fourth-order valence-electron chi connectivity index (χ4n) is 2.77. The zero-order valence-corrected chi connectivity index (χ0v) is 14.3. The zero-order valence-electron chi connectivity index (χ0n) is 12.7. The number of piperidine rings is 1. The molecule has 0 radical (unpaired) electrons. The van der Waals surface area contributed by atoms with Gasteiger partial charge in [-0.2, -0.15) is 0 Å². The molecule has 1 saturated heterocycles. The van der Waals surface area contributed by atoms with Crippen LogP contribution in [0.2, 0.25) is 0 Å². The molecule has 0 spiro atoms. The van der Waals surface area contributed by atoms with Crippen LogP contribution < -0.4 is 10.2 Å². The summed E-state index contributed by atoms with van der Waals surface area (Å²) in [6.45, 7) is 4.12. The van der Waals surface area contributed by atoms with Crippen LogP contribution >= 0.6 is 15.9 Å². The monoisotopic (exact) mass is 361 g/mol. The summed E-state index contributed by atoms with van der Waals surface area (Å²) in [6.07, 6.45) is 8.56. The Hall–Kier alpha value is -1.69. The highest BCUT2D eigenvalue weighted by Crippen LogP contribution is 2.24. The second-order valence-corrected chi connectivity index (χ2v) is 6.36. The standard InChI is InChI=1S/C16H20BrN5/c1-2-12-8-16(20-11-19-12)22-7-3-4-13(10-22)21-15-5-6-18-9-14(15)17/h5-6,8-9,11,13H,2-4,7,10H2,1H3,(H,18,21). The van der Waals surface area contributed by atoms with Crippen molar-refractivity contribution in [3.05, 3.63) is 41.0 Å². The van der Waals surface area contributed by atoms with E-state index in [9.17, 15) is 0 Å². The number of nitrogens with zero attached hydrogens (tertiary/aromatic N) is 4. The molecule has 1 fully saturated rings. The molecule has 1 unspecified atom stereocenters. The Labute approximate surface area is 139 Å². The van der Waals surface area contributed by atoms with Gasteiger partial charge in [0.25, 0.3) is 0 Å². The Balaban J connectivity index is 1.70. The van der Waals surface area contributed by atoms with Crippen LogP contribution in [0.25, 0.3) is 0 Å². The third-order valence-corrected chi connectivity index (χ3v) is 4.58. The molecule has 1 N–H and O–H groups in total. The zero-order chi connectivity index (χ0) is 15.4. The lowest BCUT2D eigenvalue weighted by Crippen LogP contribution is -2.42. The van der Waals surface area contributed by atoms with Crippen molar-refractivity contribution in [2.45, 2.75) is 32.2 Å². The first kappa shape index (κ1) is 15.2. The average Bonchev–Trinajstić information content (AvgIpc) is 2.57. The van der Waals surface area contributed by atoms with E-state index in [1.807, 2.05) is 18.5 Å². The van der Waals surface area contributed by atoms with E-state index in [2.05, 4.69) is 54.1 Å². The van der Waals surface area contributed by atoms with Crippen molar-refractivity contribution in [1.82, 2.24) is 15.0 Å². The lowest BCUT2D eigenvalue weighted by Gasteiger charge is -2.34. The number of pyridine rings is 1. The Morgan fingerprint density at radius 3 is 3.14 bits per heavy atom. The van der Waals surface area contributed by atoms with Crippen LogP contribution in [0.15, 0.2) is 35.3 Å². The van der Waals surface area contributed by atoms with E-state index in [4.69, 9.17) is 0 Å². The second kappa shape index (κ2) is 7.05. The lowest BCUT2D eigenvalue weighted by molar-refractivity contribution is 0.526. The molecule has 3 rings (SSSR count). The summed E-state index contributed by atoms with van der Waals surface area (Å²) in [5.74, 6) is 1.03. The number of aryl methyl sites for hydroxylation is 1. The van der Waals surface area contributed by atoms with Crippen molar-refractivity contribution < 1.29 is 0 Å². The molecule has 6 heteroatoms. The summed E-state index contributed by atoms with van der Waals surface area (Å²) in [5.41, 5.74) is 2.19. The maximum atomic E-state index is 4.44. The molecule has 3 heterocycles. The van der Waals surface area contributed by atoms with Crippen molar-refractivity contribution in [2.24, 2.45) is 0 Å². The van der Waals surface area contributed by atoms with Crippen molar-refractivity contribution in [3.8, 4) is 0 Å². The van der Waals surface area contributed by atoms with Gasteiger partial charge < -0.3 is 10.2 Å². The normalized spacial score (nSPS) is 18.3. The molecule has 1 atom stereocenters. The van der Waals surface area contributed by atoms with E-state index in [1.54, 1.807) is 6.33 Å². The van der Waals surface area contributed by atoms with E-state index in [0.717, 1.165) is 54.0 Å². The molecule has 1 aliphatic rings. The minimum absolute atomic E-state index is 0.410. The van der Waals surface area contributed by atoms with Gasteiger partial charge in [-0.1, -0.05) is 6.92 Å². The summed E-state index contributed by atoms with van der Waals surface area (Å²) in [4.78, 5) is 15.2. The molecule has 2 aromatic rings. The van der Waals surface area contributed by atoms with Crippen LogP contribution in [-0.4, -0.2) is 34.1 Å². The number of halogens is 1. The number of aromatic nitrogens is 3. The van der Waals surface area contributed by atoms with Gasteiger partial charge in [0.2, 0.25) is 0 Å². The highest BCUT2D eigenvalue weighted by atomic mass is 79.9. The van der Waals surface area contributed by atoms with Gasteiger partial charge in [-0.05, 0) is 41.3 Å². The van der Waals surface area contributed by atoms with E-state index in [-0.39, 0.29) is 0 Å². The van der Waals surface area contributed by atoms with Gasteiger partial charge in [0.1, 0.15) is 12.1 Å². The first-order valence-corrected chi connectivity index (χ1v) is 8.47. The van der Waals surface area contributed by atoms with Gasteiger partial charge >= 0.3 is 0 Å². The number of hydrogen-bond acceptors (Lipinski definition) is 5. The maximum absolute atomic E-state index is 4.44. The smallest absolute Gasteiger partial charge is 0.132 e. The molecule has 2 aromatic heterocycles. The number of rotatable bonds is 4. The number of nitrogens with one attached hydrogen (secondary N) is 1. The largest absolute Gasteiger partial charge is 0.380 e. The van der Waals surface area contributed by atoms with E-state index in [1.165, 1.54) is 0 Å². The molecule has 0 saturated carbocycles. The van der Waals surface area contributed by atoms with Crippen molar-refractivity contribution in [3.63, 3.8) is 0 Å². The highest BCUT2D eigenvalue weighted by molar-refractivity contribution is 9.10. The van der Waals surface area contributed by atoms with Crippen LogP contribution in [0, 0.1) is 0 Å². The first-order valence-electron chi connectivity index (χ1n) is 7.68. The predicted octanol–water partition coefficient (Wildman–Crippen LogP) is 3.28. The lowest BCUT2D eigenvalue weighted by atomic mass is 10.1. The van der Waals surface area contributed by atoms with E-state index in [0.29, 0.717) is 6.04 Å². The Morgan fingerprint density at radius 2 is 2.32 bits per heavy atom. The SMILES string of the molecule is CCc1cc(N2CCCC(Nc3ccncc3Br)C2)ncn1. The third kappa shape index (κ3) is 3.55. The van der Waals surface area contributed by atoms with Gasteiger partial charge in [-0.15, -0.1) is 0 Å². The van der Waals surface area contributed by atoms with Crippen LogP contribution in [0.5, 0.6) is 0 Å².